The average molecular weight is 343 g/mol. The zero-order valence-electron chi connectivity index (χ0n) is 13.6. The Balaban J connectivity index is 0.00000118. The number of imidazole rings is 1. The average Bonchev–Trinajstić information content (AvgIpc) is 2.98. The van der Waals surface area contributed by atoms with Crippen LogP contribution in [0.25, 0.3) is 0 Å². The molecule has 1 heterocycles. The zero-order chi connectivity index (χ0) is 18.5. The second kappa shape index (κ2) is 12.0. The van der Waals surface area contributed by atoms with E-state index in [1.165, 1.54) is 6.33 Å². The molecule has 0 saturated carbocycles. The van der Waals surface area contributed by atoms with Gasteiger partial charge >= 0.3 is 5.97 Å². The quantitative estimate of drug-likeness (QED) is 0.310. The minimum Gasteiger partial charge on any atom is -0.481 e. The van der Waals surface area contributed by atoms with E-state index in [-0.39, 0.29) is 6.42 Å². The Kier molecular flexibility index (Phi) is 10.8. The Labute approximate surface area is 139 Å². The van der Waals surface area contributed by atoms with Gasteiger partial charge in [-0.05, 0) is 25.8 Å². The molecule has 1 rings (SSSR count). The van der Waals surface area contributed by atoms with Crippen LogP contribution in [-0.4, -0.2) is 56.7 Å². The van der Waals surface area contributed by atoms with Crippen molar-refractivity contribution >= 4 is 17.8 Å². The standard InChI is InChI=1S/C12H21N5O3.C2H4O2/c13-4-2-1-3-10(12(19)20)17-11(18)9(14)5-8-6-15-7-16-8;1-2(3)4/h6-7,9-10H,1-5,13-14H2,(H,15,16)(H,17,18)(H,19,20);1H3,(H,3,4). The maximum atomic E-state index is 11.9. The number of nitrogens with zero attached hydrogens (tertiary/aromatic N) is 1. The molecule has 0 saturated heterocycles. The molecule has 10 heteroatoms. The Morgan fingerprint density at radius 2 is 1.96 bits per heavy atom. The number of unbranched alkanes of at least 4 members (excludes halogenated alkanes) is 1. The lowest BCUT2D eigenvalue weighted by Crippen LogP contribution is -2.49. The number of nitrogens with one attached hydrogen (secondary N) is 2. The summed E-state index contributed by atoms with van der Waals surface area (Å²) < 4.78 is 0. The first-order valence-corrected chi connectivity index (χ1v) is 7.43. The van der Waals surface area contributed by atoms with Crippen LogP contribution in [0, 0.1) is 0 Å². The maximum Gasteiger partial charge on any atom is 0.326 e. The molecule has 10 nitrogen and oxygen atoms in total. The third-order valence-corrected chi connectivity index (χ3v) is 2.89. The first-order chi connectivity index (χ1) is 11.3. The van der Waals surface area contributed by atoms with Crippen molar-refractivity contribution in [1.29, 1.82) is 0 Å². The third-order valence-electron chi connectivity index (χ3n) is 2.89. The largest absolute Gasteiger partial charge is 0.481 e. The molecule has 0 aliphatic heterocycles. The van der Waals surface area contributed by atoms with Crippen molar-refractivity contribution in [2.24, 2.45) is 11.5 Å². The highest BCUT2D eigenvalue weighted by Crippen LogP contribution is 2.02. The number of carboxylic acid groups (broad SMARTS) is 2. The number of carbonyl (C=O) groups is 3. The molecule has 1 aromatic heterocycles. The summed E-state index contributed by atoms with van der Waals surface area (Å²) in [7, 11) is 0. The molecule has 0 radical (unpaired) electrons. The van der Waals surface area contributed by atoms with Crippen LogP contribution in [0.5, 0.6) is 0 Å². The van der Waals surface area contributed by atoms with Crippen LogP contribution in [0.2, 0.25) is 0 Å². The van der Waals surface area contributed by atoms with Gasteiger partial charge in [0.1, 0.15) is 6.04 Å². The highest BCUT2D eigenvalue weighted by Gasteiger charge is 2.23. The van der Waals surface area contributed by atoms with Gasteiger partial charge < -0.3 is 32.0 Å². The van der Waals surface area contributed by atoms with Crippen molar-refractivity contribution in [3.05, 3.63) is 18.2 Å². The highest BCUT2D eigenvalue weighted by atomic mass is 16.4. The minimum atomic E-state index is -1.07. The van der Waals surface area contributed by atoms with Crippen molar-refractivity contribution in [2.45, 2.75) is 44.7 Å². The van der Waals surface area contributed by atoms with E-state index in [1.54, 1.807) is 6.20 Å². The van der Waals surface area contributed by atoms with E-state index in [0.29, 0.717) is 19.4 Å². The van der Waals surface area contributed by atoms with Gasteiger partial charge in [0.05, 0.1) is 12.4 Å². The van der Waals surface area contributed by atoms with Gasteiger partial charge in [0.15, 0.2) is 0 Å². The molecule has 0 fully saturated rings. The molecule has 2 unspecified atom stereocenters. The van der Waals surface area contributed by atoms with Gasteiger partial charge in [-0.2, -0.15) is 0 Å². The second-order valence-corrected chi connectivity index (χ2v) is 5.09. The van der Waals surface area contributed by atoms with Gasteiger partial charge in [0.2, 0.25) is 5.91 Å². The summed E-state index contributed by atoms with van der Waals surface area (Å²) in [6.45, 7) is 1.58. The number of nitrogens with two attached hydrogens (primary N) is 2. The fourth-order valence-electron chi connectivity index (χ4n) is 1.75. The van der Waals surface area contributed by atoms with E-state index in [4.69, 9.17) is 26.5 Å². The predicted octanol–water partition coefficient (Wildman–Crippen LogP) is -0.931. The van der Waals surface area contributed by atoms with Crippen molar-refractivity contribution in [3.8, 4) is 0 Å². The number of carboxylic acids is 2. The number of amides is 1. The summed E-state index contributed by atoms with van der Waals surface area (Å²) in [6, 6.07) is -1.74. The van der Waals surface area contributed by atoms with Crippen LogP contribution in [0.1, 0.15) is 31.9 Å². The topological polar surface area (TPSA) is 184 Å². The fourth-order valence-corrected chi connectivity index (χ4v) is 1.75. The number of aromatic amines is 1. The molecule has 1 amide bonds. The van der Waals surface area contributed by atoms with Crippen LogP contribution in [-0.2, 0) is 20.8 Å². The number of hydrogen-bond acceptors (Lipinski definition) is 6. The fraction of sp³-hybridized carbons (Fsp3) is 0.571. The van der Waals surface area contributed by atoms with E-state index in [1.807, 2.05) is 0 Å². The summed E-state index contributed by atoms with van der Waals surface area (Å²) in [6.07, 6.45) is 5.05. The maximum absolute atomic E-state index is 11.9. The lowest BCUT2D eigenvalue weighted by Gasteiger charge is -2.17. The molecule has 0 spiro atoms. The molecule has 0 aliphatic rings. The number of rotatable bonds is 9. The van der Waals surface area contributed by atoms with Crippen LogP contribution in [0.3, 0.4) is 0 Å². The van der Waals surface area contributed by atoms with Gasteiger partial charge in [-0.1, -0.05) is 0 Å². The van der Waals surface area contributed by atoms with Gasteiger partial charge in [0, 0.05) is 25.2 Å². The van der Waals surface area contributed by atoms with E-state index < -0.39 is 29.9 Å². The predicted molar refractivity (Wildman–Crippen MR) is 86.0 cm³/mol. The zero-order valence-corrected chi connectivity index (χ0v) is 13.6. The molecule has 8 N–H and O–H groups in total. The molecule has 24 heavy (non-hydrogen) atoms. The number of aromatic nitrogens is 2. The summed E-state index contributed by atoms with van der Waals surface area (Å²) in [5.74, 6) is -2.39. The smallest absolute Gasteiger partial charge is 0.326 e. The Bertz CT molecular complexity index is 502. The molecule has 0 bridgehead atoms. The lowest BCUT2D eigenvalue weighted by molar-refractivity contribution is -0.142. The van der Waals surface area contributed by atoms with Gasteiger partial charge in [-0.15, -0.1) is 0 Å². The summed E-state index contributed by atoms with van der Waals surface area (Å²) in [4.78, 5) is 38.6. The molecule has 136 valence electrons. The lowest BCUT2D eigenvalue weighted by atomic mass is 10.1. The van der Waals surface area contributed by atoms with Crippen molar-refractivity contribution in [1.82, 2.24) is 15.3 Å². The summed E-state index contributed by atoms with van der Waals surface area (Å²) in [5.41, 5.74) is 11.8. The first-order valence-electron chi connectivity index (χ1n) is 7.43. The van der Waals surface area contributed by atoms with Gasteiger partial charge in [-0.25, -0.2) is 9.78 Å². The van der Waals surface area contributed by atoms with Gasteiger partial charge in [-0.3, -0.25) is 9.59 Å². The van der Waals surface area contributed by atoms with Gasteiger partial charge in [0.25, 0.3) is 5.97 Å². The van der Waals surface area contributed by atoms with E-state index in [2.05, 4.69) is 15.3 Å². The number of H-pyrrole nitrogens is 1. The van der Waals surface area contributed by atoms with Crippen LogP contribution in [0.4, 0.5) is 0 Å². The monoisotopic (exact) mass is 343 g/mol. The molecule has 1 aromatic rings. The molecular formula is C14H25N5O5. The van der Waals surface area contributed by atoms with Crippen LogP contribution >= 0.6 is 0 Å². The molecule has 0 aromatic carbocycles. The number of aliphatic carboxylic acids is 2. The van der Waals surface area contributed by atoms with Crippen molar-refractivity contribution < 1.29 is 24.6 Å². The number of carbonyl (C=O) groups excluding carboxylic acids is 1. The highest BCUT2D eigenvalue weighted by molar-refractivity contribution is 5.86. The SMILES string of the molecule is CC(=O)O.NCCCCC(NC(=O)C(N)Cc1cnc[nH]1)C(=O)O. The second-order valence-electron chi connectivity index (χ2n) is 5.09. The first kappa shape index (κ1) is 21.5. The third kappa shape index (κ3) is 10.3. The van der Waals surface area contributed by atoms with Crippen LogP contribution in [0.15, 0.2) is 12.5 Å². The number of hydrogen-bond donors (Lipinski definition) is 6. The van der Waals surface area contributed by atoms with E-state index >= 15 is 0 Å². The van der Waals surface area contributed by atoms with Crippen molar-refractivity contribution in [2.75, 3.05) is 6.54 Å². The molecule has 0 aliphatic carbocycles. The molecule has 2 atom stereocenters. The van der Waals surface area contributed by atoms with E-state index in [9.17, 15) is 9.59 Å². The van der Waals surface area contributed by atoms with E-state index in [0.717, 1.165) is 19.0 Å². The Morgan fingerprint density at radius 1 is 1.33 bits per heavy atom. The Hall–Kier alpha value is -2.46. The summed E-state index contributed by atoms with van der Waals surface area (Å²) >= 11 is 0. The summed E-state index contributed by atoms with van der Waals surface area (Å²) in [5, 5.41) is 18.9. The van der Waals surface area contributed by atoms with Crippen molar-refractivity contribution in [3.63, 3.8) is 0 Å². The Morgan fingerprint density at radius 3 is 2.42 bits per heavy atom. The normalized spacial score (nSPS) is 12.5. The molecular weight excluding hydrogens is 318 g/mol. The van der Waals surface area contributed by atoms with Crippen LogP contribution < -0.4 is 16.8 Å². The minimum absolute atomic E-state index is 0.279.